The molecule has 0 amide bonds. The lowest BCUT2D eigenvalue weighted by Crippen LogP contribution is -2.87. The average Bonchev–Trinajstić information content (AvgIpc) is 2.86. The molecule has 0 aromatic heterocycles. The number of fused-ring (bicyclic) bond motifs is 3. The Morgan fingerprint density at radius 2 is 1.75 bits per heavy atom. The number of esters is 2. The van der Waals surface area contributed by atoms with Crippen LogP contribution in [0.25, 0.3) is 0 Å². The molecule has 2 saturated carbocycles. The lowest BCUT2D eigenvalue weighted by Gasteiger charge is -2.71. The summed E-state index contributed by atoms with van der Waals surface area (Å²) in [7, 11) is 0. The molecule has 9 atom stereocenters. The van der Waals surface area contributed by atoms with E-state index in [0.717, 1.165) is 0 Å². The van der Waals surface area contributed by atoms with Gasteiger partial charge in [0.15, 0.2) is 17.5 Å². The lowest BCUT2D eigenvalue weighted by atomic mass is 9.39. The van der Waals surface area contributed by atoms with Crippen molar-refractivity contribution in [2.75, 3.05) is 26.3 Å². The smallest absolute Gasteiger partial charge is 0.323 e. The molecule has 0 bridgehead atoms. The van der Waals surface area contributed by atoms with Gasteiger partial charge in [-0.3, -0.25) is 19.3 Å². The summed E-state index contributed by atoms with van der Waals surface area (Å²) >= 11 is 0. The molecule has 2 heterocycles. The number of aliphatic hydroxyl groups excluding tert-OH is 1. The molecular weight excluding hydrogens is 542 g/mol. The fraction of sp³-hybridized carbons (Fsp3) is 0.828. The van der Waals surface area contributed by atoms with Crippen LogP contribution < -0.4 is 0 Å². The summed E-state index contributed by atoms with van der Waals surface area (Å²) in [5.41, 5.74) is -7.39. The van der Waals surface area contributed by atoms with Crippen LogP contribution >= 0.6 is 12.4 Å². The number of carbonyl (C=O) groups is 3. The molecular formula is C29H46ClNO9. The van der Waals surface area contributed by atoms with Gasteiger partial charge in [-0.2, -0.15) is 0 Å². The normalized spacial score (nSPS) is 43.8. The van der Waals surface area contributed by atoms with Crippen LogP contribution in [-0.4, -0.2) is 100 Å². The molecule has 2 N–H and O–H groups in total. The molecule has 228 valence electrons. The van der Waals surface area contributed by atoms with Gasteiger partial charge in [0.05, 0.1) is 24.9 Å². The minimum atomic E-state index is -2.27. The van der Waals surface area contributed by atoms with E-state index in [4.69, 9.17) is 18.9 Å². The maximum absolute atomic E-state index is 14.2. The van der Waals surface area contributed by atoms with Crippen LogP contribution in [0.5, 0.6) is 0 Å². The first-order chi connectivity index (χ1) is 18.0. The van der Waals surface area contributed by atoms with Crippen LogP contribution in [0.15, 0.2) is 12.7 Å². The Labute approximate surface area is 243 Å². The second-order valence-electron chi connectivity index (χ2n) is 13.1. The van der Waals surface area contributed by atoms with E-state index in [-0.39, 0.29) is 18.8 Å². The molecule has 4 fully saturated rings. The number of halogens is 1. The van der Waals surface area contributed by atoms with Crippen LogP contribution in [0, 0.1) is 16.7 Å². The molecule has 1 unspecified atom stereocenters. The largest absolute Gasteiger partial charge is 0.460 e. The summed E-state index contributed by atoms with van der Waals surface area (Å²) in [5.74, 6) is -2.46. The fourth-order valence-corrected chi connectivity index (χ4v) is 8.17. The Morgan fingerprint density at radius 1 is 1.15 bits per heavy atom. The van der Waals surface area contributed by atoms with Crippen LogP contribution in [-0.2, 0) is 33.3 Å². The van der Waals surface area contributed by atoms with E-state index in [1.165, 1.54) is 19.9 Å². The Balaban J connectivity index is 0.00000441. The van der Waals surface area contributed by atoms with Crippen LogP contribution in [0.4, 0.5) is 0 Å². The first-order valence-electron chi connectivity index (χ1n) is 14.0. The van der Waals surface area contributed by atoms with Crippen molar-refractivity contribution in [3.05, 3.63) is 12.7 Å². The number of ketones is 1. The highest BCUT2D eigenvalue weighted by Gasteiger charge is 2.82. The first kappa shape index (κ1) is 32.9. The highest BCUT2D eigenvalue weighted by Crippen LogP contribution is 2.67. The predicted octanol–water partition coefficient (Wildman–Crippen LogP) is 2.21. The number of Topliss-reactive ketones (excluding diaryl/α,β-unsaturated/α-hetero) is 1. The molecule has 0 spiro atoms. The maximum Gasteiger partial charge on any atom is 0.323 e. The van der Waals surface area contributed by atoms with Gasteiger partial charge in [-0.15, -0.1) is 19.0 Å². The number of morpholine rings is 1. The molecule has 2 aliphatic carbocycles. The van der Waals surface area contributed by atoms with Crippen molar-refractivity contribution in [3.63, 3.8) is 0 Å². The predicted molar refractivity (Wildman–Crippen MR) is 148 cm³/mol. The van der Waals surface area contributed by atoms with E-state index in [2.05, 4.69) is 6.58 Å². The summed E-state index contributed by atoms with van der Waals surface area (Å²) in [6, 6.07) is -0.559. The van der Waals surface area contributed by atoms with Gasteiger partial charge in [0.25, 0.3) is 0 Å². The molecule has 10 nitrogen and oxygen atoms in total. The number of ether oxygens (including phenoxy) is 4. The van der Waals surface area contributed by atoms with Crippen LogP contribution in [0.3, 0.4) is 0 Å². The number of rotatable bonds is 5. The number of nitrogens with zero attached hydrogens (tertiary/aromatic N) is 1. The number of aliphatic hydroxyl groups is 2. The number of hydrogen-bond donors (Lipinski definition) is 2. The van der Waals surface area contributed by atoms with Crippen molar-refractivity contribution >= 4 is 30.1 Å². The van der Waals surface area contributed by atoms with E-state index < -0.39 is 75.6 Å². The lowest BCUT2D eigenvalue weighted by molar-refractivity contribution is -0.371. The van der Waals surface area contributed by atoms with Gasteiger partial charge >= 0.3 is 11.9 Å². The van der Waals surface area contributed by atoms with Crippen molar-refractivity contribution in [1.29, 1.82) is 0 Å². The molecule has 11 heteroatoms. The third-order valence-electron chi connectivity index (χ3n) is 10.2. The molecule has 4 aliphatic rings. The quantitative estimate of drug-likeness (QED) is 0.364. The summed E-state index contributed by atoms with van der Waals surface area (Å²) in [6.45, 7) is 17.8. The summed E-state index contributed by atoms with van der Waals surface area (Å²) < 4.78 is 23.7. The molecule has 2 aliphatic heterocycles. The fourth-order valence-electron chi connectivity index (χ4n) is 8.17. The summed E-state index contributed by atoms with van der Waals surface area (Å²) in [5, 5.41) is 24.7. The maximum atomic E-state index is 14.2. The van der Waals surface area contributed by atoms with E-state index in [1.54, 1.807) is 20.8 Å². The SMILES string of the molecule is C=C[C@@]1(C)CC(=O)[C@]2(O)[C@@]3(C)[C@@H](OC(=O)C(C)N4CCOCC4)CCC(C)(C)[C@@H]3[C@H](O)[C@H](OC(C)=O)[C@@]2(C)O1.Cl. The second-order valence-corrected chi connectivity index (χ2v) is 13.1. The van der Waals surface area contributed by atoms with Crippen LogP contribution in [0.1, 0.15) is 67.7 Å². The van der Waals surface area contributed by atoms with E-state index in [9.17, 15) is 24.6 Å². The summed E-state index contributed by atoms with van der Waals surface area (Å²) in [6.07, 6.45) is -1.37. The number of hydrogen-bond acceptors (Lipinski definition) is 10. The molecule has 0 aromatic rings. The topological polar surface area (TPSA) is 132 Å². The number of carbonyl (C=O) groups excluding carboxylic acids is 3. The van der Waals surface area contributed by atoms with E-state index in [0.29, 0.717) is 39.1 Å². The first-order valence-corrected chi connectivity index (χ1v) is 14.0. The van der Waals surface area contributed by atoms with Gasteiger partial charge in [-0.25, -0.2) is 0 Å². The average molecular weight is 588 g/mol. The van der Waals surface area contributed by atoms with Crippen molar-refractivity contribution in [3.8, 4) is 0 Å². The van der Waals surface area contributed by atoms with Gasteiger partial charge < -0.3 is 29.2 Å². The van der Waals surface area contributed by atoms with Crippen molar-refractivity contribution in [2.24, 2.45) is 16.7 Å². The Kier molecular flexibility index (Phi) is 9.00. The zero-order valence-electron chi connectivity index (χ0n) is 24.7. The molecule has 0 aromatic carbocycles. The minimum Gasteiger partial charge on any atom is -0.460 e. The third kappa shape index (κ3) is 4.72. The van der Waals surface area contributed by atoms with Gasteiger partial charge in [-0.05, 0) is 39.0 Å². The molecule has 4 rings (SSSR count). The van der Waals surface area contributed by atoms with Crippen LogP contribution in [0.2, 0.25) is 0 Å². The Bertz CT molecular complexity index is 1030. The minimum absolute atomic E-state index is 0. The highest BCUT2D eigenvalue weighted by atomic mass is 35.5. The van der Waals surface area contributed by atoms with Gasteiger partial charge in [0.2, 0.25) is 0 Å². The zero-order valence-corrected chi connectivity index (χ0v) is 25.5. The van der Waals surface area contributed by atoms with Crippen molar-refractivity contribution in [1.82, 2.24) is 4.90 Å². The molecule has 2 saturated heterocycles. The molecule has 40 heavy (non-hydrogen) atoms. The summed E-state index contributed by atoms with van der Waals surface area (Å²) in [4.78, 5) is 41.9. The van der Waals surface area contributed by atoms with E-state index in [1.807, 2.05) is 18.7 Å². The highest BCUT2D eigenvalue weighted by molar-refractivity contribution is 5.92. The van der Waals surface area contributed by atoms with Crippen molar-refractivity contribution < 1.29 is 43.5 Å². The molecule has 0 radical (unpaired) electrons. The Hall–Kier alpha value is -1.56. The van der Waals surface area contributed by atoms with E-state index >= 15 is 0 Å². The van der Waals surface area contributed by atoms with Gasteiger partial charge in [0, 0.05) is 37.8 Å². The zero-order chi connectivity index (χ0) is 29.2. The van der Waals surface area contributed by atoms with Gasteiger partial charge in [0.1, 0.15) is 17.7 Å². The third-order valence-corrected chi connectivity index (χ3v) is 10.2. The monoisotopic (exact) mass is 587 g/mol. The Morgan fingerprint density at radius 3 is 2.30 bits per heavy atom. The second kappa shape index (κ2) is 10.9. The van der Waals surface area contributed by atoms with Gasteiger partial charge in [-0.1, -0.05) is 26.8 Å². The van der Waals surface area contributed by atoms with Crippen molar-refractivity contribution in [2.45, 2.75) is 109 Å². The standard InChI is InChI=1S/C29H45NO9.ClH/c1-9-26(6)16-19(32)29(35)27(7)20(38-24(34)17(2)30-12-14-36-15-13-30)10-11-25(4,5)22(27)21(33)23(37-18(3)31)28(29,8)39-26;/h9,17,20-23,33,35H,1,10-16H2,2-8H3;1H/t17?,20-,21-,22-,23-,26-,27-,28+,29-;/m0./s1.